The normalized spacial score (nSPS) is 15.3. The number of nitrogens with zero attached hydrogens (tertiary/aromatic N) is 3. The minimum Gasteiger partial charge on any atom is -0.478 e. The summed E-state index contributed by atoms with van der Waals surface area (Å²) < 4.78 is 1.80. The largest absolute Gasteiger partial charge is 0.478 e. The Labute approximate surface area is 153 Å². The molecule has 1 aliphatic heterocycles. The molecule has 0 aliphatic carbocycles. The molecule has 0 atom stereocenters. The molecular formula is C20H25N3O3. The molecule has 2 heterocycles. The van der Waals surface area contributed by atoms with Crippen molar-refractivity contribution < 1.29 is 14.7 Å². The average molecular weight is 355 g/mol. The third-order valence-corrected chi connectivity index (χ3v) is 5.41. The number of aromatic carboxylic acids is 1. The molecule has 6 nitrogen and oxygen atoms in total. The quantitative estimate of drug-likeness (QED) is 0.915. The Kier molecular flexibility index (Phi) is 5.11. The van der Waals surface area contributed by atoms with Gasteiger partial charge in [-0.15, -0.1) is 0 Å². The summed E-state index contributed by atoms with van der Waals surface area (Å²) in [4.78, 5) is 25.8. The average Bonchev–Trinajstić information content (AvgIpc) is 3.00. The molecular weight excluding hydrogens is 330 g/mol. The maximum absolute atomic E-state index is 12.7. The van der Waals surface area contributed by atoms with E-state index in [-0.39, 0.29) is 17.5 Å². The summed E-state index contributed by atoms with van der Waals surface area (Å²) in [6, 6.07) is 6.25. The SMILES string of the molecule is Cc1cccc(C)c1CC(=O)N1CCC(n2ncc(C(=O)O)c2C)CC1. The summed E-state index contributed by atoms with van der Waals surface area (Å²) in [6.45, 7) is 7.23. The minimum atomic E-state index is -0.949. The molecule has 0 radical (unpaired) electrons. The smallest absolute Gasteiger partial charge is 0.339 e. The first kappa shape index (κ1) is 18.2. The predicted molar refractivity (Wildman–Crippen MR) is 98.4 cm³/mol. The topological polar surface area (TPSA) is 75.4 Å². The second-order valence-corrected chi connectivity index (χ2v) is 7.05. The van der Waals surface area contributed by atoms with Crippen molar-refractivity contribution in [1.82, 2.24) is 14.7 Å². The summed E-state index contributed by atoms with van der Waals surface area (Å²) in [6.07, 6.45) is 3.43. The second kappa shape index (κ2) is 7.32. The summed E-state index contributed by atoms with van der Waals surface area (Å²) in [7, 11) is 0. The summed E-state index contributed by atoms with van der Waals surface area (Å²) >= 11 is 0. The molecule has 0 saturated carbocycles. The van der Waals surface area contributed by atoms with Crippen LogP contribution < -0.4 is 0 Å². The molecule has 1 aromatic carbocycles. The Hall–Kier alpha value is -2.63. The first-order valence-corrected chi connectivity index (χ1v) is 8.98. The number of aryl methyl sites for hydroxylation is 2. The van der Waals surface area contributed by atoms with Gasteiger partial charge in [0.05, 0.1) is 24.4 Å². The Morgan fingerprint density at radius 3 is 2.31 bits per heavy atom. The molecule has 1 aliphatic rings. The molecule has 138 valence electrons. The maximum Gasteiger partial charge on any atom is 0.339 e. The van der Waals surface area contributed by atoms with Gasteiger partial charge in [-0.05, 0) is 50.3 Å². The number of carboxylic acid groups (broad SMARTS) is 1. The van der Waals surface area contributed by atoms with Crippen LogP contribution in [0.3, 0.4) is 0 Å². The van der Waals surface area contributed by atoms with Crippen molar-refractivity contribution in [3.05, 3.63) is 52.3 Å². The highest BCUT2D eigenvalue weighted by atomic mass is 16.4. The van der Waals surface area contributed by atoms with E-state index in [0.29, 0.717) is 25.2 Å². The molecule has 0 spiro atoms. The van der Waals surface area contributed by atoms with Gasteiger partial charge in [0.15, 0.2) is 0 Å². The van der Waals surface area contributed by atoms with Gasteiger partial charge in [-0.2, -0.15) is 5.10 Å². The van der Waals surface area contributed by atoms with E-state index in [1.54, 1.807) is 11.6 Å². The number of amides is 1. The Balaban J connectivity index is 1.63. The molecule has 3 rings (SSSR count). The van der Waals surface area contributed by atoms with Gasteiger partial charge in [0.2, 0.25) is 5.91 Å². The first-order chi connectivity index (χ1) is 12.4. The summed E-state index contributed by atoms with van der Waals surface area (Å²) in [5.41, 5.74) is 4.35. The van der Waals surface area contributed by atoms with Crippen LogP contribution >= 0.6 is 0 Å². The zero-order valence-corrected chi connectivity index (χ0v) is 15.5. The maximum atomic E-state index is 12.7. The Morgan fingerprint density at radius 2 is 1.77 bits per heavy atom. The van der Waals surface area contributed by atoms with Crippen LogP contribution in [0.15, 0.2) is 24.4 Å². The number of hydrogen-bond donors (Lipinski definition) is 1. The number of aromatic nitrogens is 2. The zero-order valence-electron chi connectivity index (χ0n) is 15.5. The van der Waals surface area contributed by atoms with Crippen LogP contribution in [0.2, 0.25) is 0 Å². The number of hydrogen-bond acceptors (Lipinski definition) is 3. The number of benzene rings is 1. The van der Waals surface area contributed by atoms with Crippen molar-refractivity contribution in [2.24, 2.45) is 0 Å². The van der Waals surface area contributed by atoms with Gasteiger partial charge in [0, 0.05) is 13.1 Å². The van der Waals surface area contributed by atoms with E-state index in [9.17, 15) is 14.7 Å². The number of carboxylic acids is 1. The molecule has 1 fully saturated rings. The highest BCUT2D eigenvalue weighted by Gasteiger charge is 2.26. The highest BCUT2D eigenvalue weighted by Crippen LogP contribution is 2.25. The third-order valence-electron chi connectivity index (χ3n) is 5.41. The first-order valence-electron chi connectivity index (χ1n) is 8.98. The van der Waals surface area contributed by atoms with Gasteiger partial charge in [0.1, 0.15) is 5.56 Å². The van der Waals surface area contributed by atoms with Crippen LogP contribution in [0, 0.1) is 20.8 Å². The molecule has 1 aromatic heterocycles. The summed E-state index contributed by atoms with van der Waals surface area (Å²) in [5.74, 6) is -0.792. The van der Waals surface area contributed by atoms with Crippen LogP contribution in [-0.4, -0.2) is 44.8 Å². The van der Waals surface area contributed by atoms with Crippen molar-refractivity contribution in [2.75, 3.05) is 13.1 Å². The van der Waals surface area contributed by atoms with Crippen LogP contribution in [0.1, 0.15) is 51.6 Å². The van der Waals surface area contributed by atoms with Crippen LogP contribution in [0.25, 0.3) is 0 Å². The fourth-order valence-electron chi connectivity index (χ4n) is 3.75. The lowest BCUT2D eigenvalue weighted by molar-refractivity contribution is -0.131. The number of rotatable bonds is 4. The van der Waals surface area contributed by atoms with Crippen molar-refractivity contribution in [1.29, 1.82) is 0 Å². The third kappa shape index (κ3) is 3.49. The Bertz CT molecular complexity index is 813. The lowest BCUT2D eigenvalue weighted by Gasteiger charge is -2.33. The standard InChI is InChI=1S/C20H25N3O3/c1-13-5-4-6-14(2)17(13)11-19(24)22-9-7-16(8-10-22)23-15(3)18(12-21-23)20(25)26/h4-6,12,16H,7-11H2,1-3H3,(H,25,26). The number of piperidine rings is 1. The number of carbonyl (C=O) groups is 2. The second-order valence-electron chi connectivity index (χ2n) is 7.05. The minimum absolute atomic E-state index is 0.146. The molecule has 1 amide bonds. The van der Waals surface area contributed by atoms with E-state index in [0.717, 1.165) is 29.5 Å². The van der Waals surface area contributed by atoms with Gasteiger partial charge in [-0.3, -0.25) is 9.48 Å². The molecule has 0 unspecified atom stereocenters. The monoisotopic (exact) mass is 355 g/mol. The van der Waals surface area contributed by atoms with Crippen LogP contribution in [-0.2, 0) is 11.2 Å². The molecule has 26 heavy (non-hydrogen) atoms. The fourth-order valence-corrected chi connectivity index (χ4v) is 3.75. The number of likely N-dealkylation sites (tertiary alicyclic amines) is 1. The molecule has 6 heteroatoms. The van der Waals surface area contributed by atoms with E-state index in [1.807, 2.05) is 36.9 Å². The van der Waals surface area contributed by atoms with Crippen molar-refractivity contribution in [3.63, 3.8) is 0 Å². The van der Waals surface area contributed by atoms with Crippen molar-refractivity contribution in [2.45, 2.75) is 46.1 Å². The predicted octanol–water partition coefficient (Wildman–Crippen LogP) is 2.91. The van der Waals surface area contributed by atoms with Crippen molar-refractivity contribution in [3.8, 4) is 0 Å². The van der Waals surface area contributed by atoms with E-state index in [4.69, 9.17) is 0 Å². The molecule has 1 saturated heterocycles. The molecule has 1 N–H and O–H groups in total. The lowest BCUT2D eigenvalue weighted by atomic mass is 9.98. The van der Waals surface area contributed by atoms with E-state index < -0.39 is 5.97 Å². The van der Waals surface area contributed by atoms with Gasteiger partial charge in [-0.1, -0.05) is 18.2 Å². The zero-order chi connectivity index (χ0) is 18.8. The lowest BCUT2D eigenvalue weighted by Crippen LogP contribution is -2.40. The Morgan fingerprint density at radius 1 is 1.15 bits per heavy atom. The van der Waals surface area contributed by atoms with E-state index in [2.05, 4.69) is 5.10 Å². The van der Waals surface area contributed by atoms with Crippen molar-refractivity contribution >= 4 is 11.9 Å². The number of carbonyl (C=O) groups excluding carboxylic acids is 1. The van der Waals surface area contributed by atoms with Gasteiger partial charge in [0.25, 0.3) is 0 Å². The fraction of sp³-hybridized carbons (Fsp3) is 0.450. The summed E-state index contributed by atoms with van der Waals surface area (Å²) in [5, 5.41) is 13.4. The van der Waals surface area contributed by atoms with Gasteiger partial charge >= 0.3 is 5.97 Å². The van der Waals surface area contributed by atoms with Crippen LogP contribution in [0.5, 0.6) is 0 Å². The molecule has 0 bridgehead atoms. The highest BCUT2D eigenvalue weighted by molar-refractivity contribution is 5.88. The van der Waals surface area contributed by atoms with Crippen LogP contribution in [0.4, 0.5) is 0 Å². The van der Waals surface area contributed by atoms with Gasteiger partial charge in [-0.25, -0.2) is 4.79 Å². The van der Waals surface area contributed by atoms with E-state index >= 15 is 0 Å². The van der Waals surface area contributed by atoms with E-state index in [1.165, 1.54) is 6.20 Å². The molecule has 2 aromatic rings. The van der Waals surface area contributed by atoms with Gasteiger partial charge < -0.3 is 10.0 Å².